The van der Waals surface area contributed by atoms with E-state index in [1.165, 1.54) is 14.2 Å². The number of hydrogen-bond donors (Lipinski definition) is 0. The number of rotatable bonds is 6. The molecule has 6 nitrogen and oxygen atoms in total. The lowest BCUT2D eigenvalue weighted by Gasteiger charge is -2.11. The zero-order chi connectivity index (χ0) is 18.5. The van der Waals surface area contributed by atoms with Crippen LogP contribution < -0.4 is 14.2 Å². The number of cyclic esters (lactones) is 1. The van der Waals surface area contributed by atoms with Crippen molar-refractivity contribution in [2.75, 3.05) is 20.8 Å². The molecule has 0 radical (unpaired) electrons. The van der Waals surface area contributed by atoms with Gasteiger partial charge in [-0.2, -0.15) is 0 Å². The first-order valence-corrected chi connectivity index (χ1v) is 8.13. The van der Waals surface area contributed by atoms with Crippen LogP contribution in [0.5, 0.6) is 17.2 Å². The van der Waals surface area contributed by atoms with Gasteiger partial charge < -0.3 is 18.9 Å². The van der Waals surface area contributed by atoms with Crippen molar-refractivity contribution in [2.45, 2.75) is 6.92 Å². The van der Waals surface area contributed by atoms with E-state index in [1.54, 1.807) is 24.3 Å². The predicted molar refractivity (Wildman–Crippen MR) is 97.8 cm³/mol. The molecule has 0 aliphatic carbocycles. The average Bonchev–Trinajstić information content (AvgIpc) is 3.01. The molecule has 1 heterocycles. The van der Waals surface area contributed by atoms with Crippen molar-refractivity contribution >= 4 is 17.9 Å². The van der Waals surface area contributed by atoms with Crippen LogP contribution in [0.2, 0.25) is 0 Å². The van der Waals surface area contributed by atoms with Gasteiger partial charge in [0.25, 0.3) is 0 Å². The van der Waals surface area contributed by atoms with Crippen molar-refractivity contribution < 1.29 is 23.7 Å². The molecule has 6 heteroatoms. The Kier molecular flexibility index (Phi) is 5.22. The summed E-state index contributed by atoms with van der Waals surface area (Å²) in [7, 11) is 3.07. The summed E-state index contributed by atoms with van der Waals surface area (Å²) in [5, 5.41) is 0. The third-order valence-corrected chi connectivity index (χ3v) is 3.73. The molecule has 0 atom stereocenters. The zero-order valence-corrected chi connectivity index (χ0v) is 14.8. The third kappa shape index (κ3) is 3.54. The Bertz CT molecular complexity index is 863. The minimum absolute atomic E-state index is 0.150. The van der Waals surface area contributed by atoms with Crippen LogP contribution in [-0.2, 0) is 9.53 Å². The van der Waals surface area contributed by atoms with E-state index in [4.69, 9.17) is 18.9 Å². The Balaban J connectivity index is 1.99. The molecule has 2 aromatic rings. The van der Waals surface area contributed by atoms with E-state index in [-0.39, 0.29) is 11.6 Å². The summed E-state index contributed by atoms with van der Waals surface area (Å²) in [4.78, 5) is 16.6. The van der Waals surface area contributed by atoms with Gasteiger partial charge in [-0.25, -0.2) is 9.79 Å². The fourth-order valence-electron chi connectivity index (χ4n) is 2.60. The van der Waals surface area contributed by atoms with Gasteiger partial charge in [0.1, 0.15) is 22.8 Å². The maximum Gasteiger partial charge on any atom is 0.363 e. The van der Waals surface area contributed by atoms with Crippen LogP contribution in [0, 0.1) is 0 Å². The van der Waals surface area contributed by atoms with Crippen molar-refractivity contribution in [3.05, 3.63) is 59.3 Å². The molecule has 3 rings (SSSR count). The lowest BCUT2D eigenvalue weighted by atomic mass is 10.1. The number of ether oxygens (including phenoxy) is 4. The molecule has 1 aliphatic rings. The molecular weight excluding hydrogens is 334 g/mol. The average molecular weight is 353 g/mol. The highest BCUT2D eigenvalue weighted by atomic mass is 16.6. The number of esters is 1. The van der Waals surface area contributed by atoms with Crippen LogP contribution >= 0.6 is 0 Å². The molecule has 0 amide bonds. The minimum atomic E-state index is -0.533. The van der Waals surface area contributed by atoms with Crippen LogP contribution in [0.15, 0.2) is 53.2 Å². The van der Waals surface area contributed by atoms with Crippen molar-refractivity contribution in [1.82, 2.24) is 0 Å². The number of benzene rings is 2. The number of carbonyl (C=O) groups excluding carboxylic acids is 1. The number of methoxy groups -OCH3 is 2. The molecule has 0 N–H and O–H groups in total. The Morgan fingerprint density at radius 3 is 2.42 bits per heavy atom. The molecule has 2 aromatic carbocycles. The second kappa shape index (κ2) is 7.74. The summed E-state index contributed by atoms with van der Waals surface area (Å²) < 4.78 is 21.5. The van der Waals surface area contributed by atoms with E-state index in [0.717, 1.165) is 11.3 Å². The van der Waals surface area contributed by atoms with Gasteiger partial charge in [-0.3, -0.25) is 0 Å². The van der Waals surface area contributed by atoms with Gasteiger partial charge in [0, 0.05) is 0 Å². The summed E-state index contributed by atoms with van der Waals surface area (Å²) in [5.41, 5.74) is 1.49. The SMILES string of the molecule is CCOc1cccc(/C=C2/N=C(c3c(OC)cccc3OC)OC2=O)c1. The molecule has 0 bridgehead atoms. The molecule has 0 unspecified atom stereocenters. The topological polar surface area (TPSA) is 66.3 Å². The first-order chi connectivity index (χ1) is 12.7. The van der Waals surface area contributed by atoms with Gasteiger partial charge in [0.05, 0.1) is 20.8 Å². The van der Waals surface area contributed by atoms with Gasteiger partial charge in [-0.05, 0) is 42.8 Å². The molecule has 0 fully saturated rings. The van der Waals surface area contributed by atoms with E-state index < -0.39 is 5.97 Å². The number of aliphatic imine (C=N–C) groups is 1. The quantitative estimate of drug-likeness (QED) is 0.588. The second-order valence-electron chi connectivity index (χ2n) is 5.38. The van der Waals surface area contributed by atoms with Gasteiger partial charge in [-0.15, -0.1) is 0 Å². The second-order valence-corrected chi connectivity index (χ2v) is 5.38. The highest BCUT2D eigenvalue weighted by Crippen LogP contribution is 2.32. The van der Waals surface area contributed by atoms with Crippen molar-refractivity contribution in [3.63, 3.8) is 0 Å². The molecule has 0 spiro atoms. The first kappa shape index (κ1) is 17.5. The lowest BCUT2D eigenvalue weighted by Crippen LogP contribution is -2.08. The maximum absolute atomic E-state index is 12.3. The van der Waals surface area contributed by atoms with Crippen LogP contribution in [0.3, 0.4) is 0 Å². The molecule has 0 saturated heterocycles. The monoisotopic (exact) mass is 353 g/mol. The minimum Gasteiger partial charge on any atom is -0.496 e. The van der Waals surface area contributed by atoms with Gasteiger partial charge >= 0.3 is 5.97 Å². The summed E-state index contributed by atoms with van der Waals surface area (Å²) in [6, 6.07) is 12.7. The summed E-state index contributed by atoms with van der Waals surface area (Å²) in [5.74, 6) is 1.36. The van der Waals surface area contributed by atoms with Crippen LogP contribution in [0.4, 0.5) is 0 Å². The van der Waals surface area contributed by atoms with Crippen molar-refractivity contribution in [3.8, 4) is 17.2 Å². The number of hydrogen-bond acceptors (Lipinski definition) is 6. The van der Waals surface area contributed by atoms with Gasteiger partial charge in [-0.1, -0.05) is 18.2 Å². The summed E-state index contributed by atoms with van der Waals surface area (Å²) in [6.07, 6.45) is 1.65. The fourth-order valence-corrected chi connectivity index (χ4v) is 2.60. The summed E-state index contributed by atoms with van der Waals surface area (Å²) >= 11 is 0. The third-order valence-electron chi connectivity index (χ3n) is 3.73. The van der Waals surface area contributed by atoms with Crippen LogP contribution in [-0.4, -0.2) is 32.7 Å². The van der Waals surface area contributed by atoms with E-state index in [9.17, 15) is 4.79 Å². The van der Waals surface area contributed by atoms with Gasteiger partial charge in [0.2, 0.25) is 5.90 Å². The molecule has 134 valence electrons. The summed E-state index contributed by atoms with van der Waals surface area (Å²) in [6.45, 7) is 2.48. The molecule has 0 saturated carbocycles. The number of carbonyl (C=O) groups is 1. The standard InChI is InChI=1S/C20H19NO5/c1-4-25-14-8-5-7-13(11-14)12-15-20(22)26-19(21-15)18-16(23-2)9-6-10-17(18)24-3/h5-12H,4H2,1-3H3/b15-12+. The Hall–Kier alpha value is -3.28. The Morgan fingerprint density at radius 2 is 1.77 bits per heavy atom. The lowest BCUT2D eigenvalue weighted by molar-refractivity contribution is -0.129. The highest BCUT2D eigenvalue weighted by molar-refractivity contribution is 6.14. The van der Waals surface area contributed by atoms with Crippen LogP contribution in [0.1, 0.15) is 18.1 Å². The molecular formula is C20H19NO5. The van der Waals surface area contributed by atoms with Crippen molar-refractivity contribution in [1.29, 1.82) is 0 Å². The molecule has 1 aliphatic heterocycles. The van der Waals surface area contributed by atoms with E-state index in [1.807, 2.05) is 31.2 Å². The largest absolute Gasteiger partial charge is 0.496 e. The van der Waals surface area contributed by atoms with E-state index >= 15 is 0 Å². The fraction of sp³-hybridized carbons (Fsp3) is 0.200. The normalized spacial score (nSPS) is 14.8. The Morgan fingerprint density at radius 1 is 1.08 bits per heavy atom. The Labute approximate surface area is 151 Å². The molecule has 26 heavy (non-hydrogen) atoms. The molecule has 0 aromatic heterocycles. The zero-order valence-electron chi connectivity index (χ0n) is 14.8. The van der Waals surface area contributed by atoms with Crippen molar-refractivity contribution in [2.24, 2.45) is 4.99 Å². The predicted octanol–water partition coefficient (Wildman–Crippen LogP) is 3.45. The van der Waals surface area contributed by atoms with Crippen LogP contribution in [0.25, 0.3) is 6.08 Å². The number of nitrogens with zero attached hydrogens (tertiary/aromatic N) is 1. The highest BCUT2D eigenvalue weighted by Gasteiger charge is 2.28. The van der Waals surface area contributed by atoms with E-state index in [0.29, 0.717) is 23.7 Å². The maximum atomic E-state index is 12.3. The first-order valence-electron chi connectivity index (χ1n) is 8.13. The van der Waals surface area contributed by atoms with E-state index in [2.05, 4.69) is 4.99 Å². The smallest absolute Gasteiger partial charge is 0.363 e. The van der Waals surface area contributed by atoms with Gasteiger partial charge in [0.15, 0.2) is 5.70 Å².